The van der Waals surface area contributed by atoms with Gasteiger partial charge in [-0.15, -0.1) is 0 Å². The van der Waals surface area contributed by atoms with Crippen LogP contribution in [0.3, 0.4) is 0 Å². The molecule has 0 aromatic carbocycles. The third-order valence-corrected chi connectivity index (χ3v) is 4.13. The number of rotatable bonds is 4. The standard InChI is InChI=1S/C9H18S.C5H13N/c1-10-8-7-9-5-3-2-4-6-9;1-5(2)6(3)4/h9H,2-8H2,1H3;5H,1-4H3. The molecule has 0 saturated heterocycles. The first-order valence-electron chi connectivity index (χ1n) is 6.73. The van der Waals surface area contributed by atoms with Crippen molar-refractivity contribution in [3.63, 3.8) is 0 Å². The van der Waals surface area contributed by atoms with Gasteiger partial charge in [-0.05, 0) is 52.3 Å². The fourth-order valence-electron chi connectivity index (χ4n) is 1.76. The van der Waals surface area contributed by atoms with Crippen LogP contribution in [0.4, 0.5) is 0 Å². The van der Waals surface area contributed by atoms with Gasteiger partial charge in [-0.3, -0.25) is 0 Å². The van der Waals surface area contributed by atoms with Crippen molar-refractivity contribution in [1.82, 2.24) is 4.90 Å². The highest BCUT2D eigenvalue weighted by Gasteiger charge is 2.11. The van der Waals surface area contributed by atoms with Crippen LogP contribution in [0.5, 0.6) is 0 Å². The van der Waals surface area contributed by atoms with Crippen molar-refractivity contribution in [1.29, 1.82) is 0 Å². The van der Waals surface area contributed by atoms with E-state index in [0.717, 1.165) is 5.92 Å². The Morgan fingerprint density at radius 2 is 1.62 bits per heavy atom. The van der Waals surface area contributed by atoms with Gasteiger partial charge >= 0.3 is 0 Å². The smallest absolute Gasteiger partial charge is 0.00324 e. The molecule has 0 aromatic rings. The van der Waals surface area contributed by atoms with Crippen molar-refractivity contribution in [3.8, 4) is 0 Å². The highest BCUT2D eigenvalue weighted by atomic mass is 32.2. The molecule has 0 N–H and O–H groups in total. The number of thioether (sulfide) groups is 1. The van der Waals surface area contributed by atoms with Crippen LogP contribution < -0.4 is 0 Å². The summed E-state index contributed by atoms with van der Waals surface area (Å²) in [6.45, 7) is 4.33. The molecule has 1 rings (SSSR count). The quantitative estimate of drug-likeness (QED) is 0.727. The van der Waals surface area contributed by atoms with E-state index in [9.17, 15) is 0 Å². The van der Waals surface area contributed by atoms with Gasteiger partial charge in [0.15, 0.2) is 0 Å². The summed E-state index contributed by atoms with van der Waals surface area (Å²) in [5.41, 5.74) is 0. The fraction of sp³-hybridized carbons (Fsp3) is 1.00. The normalized spacial score (nSPS) is 17.4. The zero-order valence-electron chi connectivity index (χ0n) is 12.0. The van der Waals surface area contributed by atoms with Crippen molar-refractivity contribution in [2.45, 2.75) is 58.4 Å². The number of hydrogen-bond acceptors (Lipinski definition) is 2. The molecule has 0 radical (unpaired) electrons. The average molecular weight is 245 g/mol. The molecule has 0 amide bonds. The van der Waals surface area contributed by atoms with Gasteiger partial charge in [-0.25, -0.2) is 0 Å². The van der Waals surface area contributed by atoms with Gasteiger partial charge in [0.2, 0.25) is 0 Å². The summed E-state index contributed by atoms with van der Waals surface area (Å²) in [7, 11) is 4.15. The Bertz CT molecular complexity index is 134. The molecule has 0 aliphatic heterocycles. The second-order valence-electron chi connectivity index (χ2n) is 5.34. The SMILES string of the molecule is CC(C)N(C)C.CSCCC1CCCCC1. The second kappa shape index (κ2) is 10.5. The molecule has 2 heteroatoms. The van der Waals surface area contributed by atoms with Gasteiger partial charge in [0.25, 0.3) is 0 Å². The van der Waals surface area contributed by atoms with Gasteiger partial charge in [0.1, 0.15) is 0 Å². The van der Waals surface area contributed by atoms with Crippen LogP contribution in [0, 0.1) is 5.92 Å². The lowest BCUT2D eigenvalue weighted by Gasteiger charge is -2.20. The van der Waals surface area contributed by atoms with Gasteiger partial charge in [-0.2, -0.15) is 11.8 Å². The Morgan fingerprint density at radius 3 is 2.00 bits per heavy atom. The summed E-state index contributed by atoms with van der Waals surface area (Å²) in [6, 6.07) is 0.685. The van der Waals surface area contributed by atoms with Crippen LogP contribution >= 0.6 is 11.8 Å². The highest BCUT2D eigenvalue weighted by molar-refractivity contribution is 7.98. The molecule has 0 bridgehead atoms. The minimum absolute atomic E-state index is 0.685. The minimum Gasteiger partial charge on any atom is -0.307 e. The maximum Gasteiger partial charge on any atom is 0.00324 e. The molecule has 1 saturated carbocycles. The third kappa shape index (κ3) is 9.53. The van der Waals surface area contributed by atoms with Crippen LogP contribution in [-0.4, -0.2) is 37.0 Å². The first kappa shape index (κ1) is 16.3. The molecule has 98 valence electrons. The molecule has 0 atom stereocenters. The Morgan fingerprint density at radius 1 is 1.12 bits per heavy atom. The van der Waals surface area contributed by atoms with Crippen molar-refractivity contribution < 1.29 is 0 Å². The molecule has 1 fully saturated rings. The van der Waals surface area contributed by atoms with E-state index in [4.69, 9.17) is 0 Å². The van der Waals surface area contributed by atoms with E-state index in [-0.39, 0.29) is 0 Å². The van der Waals surface area contributed by atoms with E-state index >= 15 is 0 Å². The highest BCUT2D eigenvalue weighted by Crippen LogP contribution is 2.26. The lowest BCUT2D eigenvalue weighted by Crippen LogP contribution is -2.20. The number of nitrogens with zero attached hydrogens (tertiary/aromatic N) is 1. The van der Waals surface area contributed by atoms with Crippen molar-refractivity contribution in [3.05, 3.63) is 0 Å². The number of hydrogen-bond donors (Lipinski definition) is 0. The zero-order valence-corrected chi connectivity index (χ0v) is 12.8. The van der Waals surface area contributed by atoms with Crippen LogP contribution in [0.25, 0.3) is 0 Å². The van der Waals surface area contributed by atoms with Crippen molar-refractivity contribution >= 4 is 11.8 Å². The molecule has 1 aliphatic rings. The van der Waals surface area contributed by atoms with E-state index in [1.54, 1.807) is 0 Å². The summed E-state index contributed by atoms with van der Waals surface area (Å²) in [5, 5.41) is 0. The molecule has 16 heavy (non-hydrogen) atoms. The summed E-state index contributed by atoms with van der Waals surface area (Å²) in [6.07, 6.45) is 11.2. The van der Waals surface area contributed by atoms with Gasteiger partial charge in [-0.1, -0.05) is 32.1 Å². The van der Waals surface area contributed by atoms with Crippen LogP contribution in [0.1, 0.15) is 52.4 Å². The first-order valence-corrected chi connectivity index (χ1v) is 8.12. The minimum atomic E-state index is 0.685. The fourth-order valence-corrected chi connectivity index (χ4v) is 2.33. The molecule has 0 aromatic heterocycles. The molecule has 0 spiro atoms. The van der Waals surface area contributed by atoms with E-state index in [2.05, 4.69) is 39.1 Å². The zero-order chi connectivity index (χ0) is 12.4. The van der Waals surface area contributed by atoms with Crippen LogP contribution in [0.2, 0.25) is 0 Å². The van der Waals surface area contributed by atoms with Crippen molar-refractivity contribution in [2.75, 3.05) is 26.1 Å². The first-order chi connectivity index (χ1) is 7.57. The predicted molar refractivity (Wildman–Crippen MR) is 78.4 cm³/mol. The van der Waals surface area contributed by atoms with E-state index in [1.165, 1.54) is 44.3 Å². The van der Waals surface area contributed by atoms with E-state index in [0.29, 0.717) is 6.04 Å². The van der Waals surface area contributed by atoms with Gasteiger partial charge in [0, 0.05) is 6.04 Å². The lowest BCUT2D eigenvalue weighted by atomic mass is 9.88. The summed E-state index contributed by atoms with van der Waals surface area (Å²) in [4.78, 5) is 2.17. The maximum atomic E-state index is 2.21. The average Bonchev–Trinajstić information content (AvgIpc) is 2.28. The largest absolute Gasteiger partial charge is 0.307 e. The van der Waals surface area contributed by atoms with Crippen LogP contribution in [0.15, 0.2) is 0 Å². The summed E-state index contributed by atoms with van der Waals surface area (Å²) < 4.78 is 0. The molecule has 1 aliphatic carbocycles. The van der Waals surface area contributed by atoms with Crippen molar-refractivity contribution in [2.24, 2.45) is 5.92 Å². The monoisotopic (exact) mass is 245 g/mol. The molecular formula is C14H31NS. The molecule has 0 heterocycles. The maximum absolute atomic E-state index is 2.21. The second-order valence-corrected chi connectivity index (χ2v) is 6.33. The topological polar surface area (TPSA) is 3.24 Å². The Kier molecular flexibility index (Phi) is 10.7. The summed E-state index contributed by atoms with van der Waals surface area (Å²) in [5.74, 6) is 2.46. The summed E-state index contributed by atoms with van der Waals surface area (Å²) >= 11 is 2.00. The van der Waals surface area contributed by atoms with Gasteiger partial charge in [0.05, 0.1) is 0 Å². The van der Waals surface area contributed by atoms with E-state index < -0.39 is 0 Å². The van der Waals surface area contributed by atoms with Gasteiger partial charge < -0.3 is 4.90 Å². The Labute approximate surface area is 107 Å². The lowest BCUT2D eigenvalue weighted by molar-refractivity contribution is 0.335. The molecular weight excluding hydrogens is 214 g/mol. The third-order valence-electron chi connectivity index (χ3n) is 3.49. The molecule has 0 unspecified atom stereocenters. The van der Waals surface area contributed by atoms with E-state index in [1.807, 2.05) is 11.8 Å². The van der Waals surface area contributed by atoms with Crippen LogP contribution in [-0.2, 0) is 0 Å². The molecule has 1 nitrogen and oxygen atoms in total. The Hall–Kier alpha value is 0.310. The Balaban J connectivity index is 0.000000325. The predicted octanol–water partition coefficient (Wildman–Crippen LogP) is 4.28.